The average Bonchev–Trinajstić information content (AvgIpc) is 2.76. The van der Waals surface area contributed by atoms with E-state index in [-0.39, 0.29) is 12.0 Å². The molecule has 0 aliphatic heterocycles. The molecule has 2 N–H and O–H groups in total. The van der Waals surface area contributed by atoms with Gasteiger partial charge in [0.2, 0.25) is 0 Å². The number of allylic oxidation sites excluding steroid dienone is 2. The summed E-state index contributed by atoms with van der Waals surface area (Å²) >= 11 is 0. The van der Waals surface area contributed by atoms with Crippen molar-refractivity contribution in [2.75, 3.05) is 39.5 Å². The molecule has 1 aliphatic carbocycles. The van der Waals surface area contributed by atoms with E-state index in [1.807, 2.05) is 0 Å². The summed E-state index contributed by atoms with van der Waals surface area (Å²) in [6.07, 6.45) is 9.44. The molecular weight excluding hydrogens is 400 g/mol. The summed E-state index contributed by atoms with van der Waals surface area (Å²) in [5, 5.41) is 5.44. The first kappa shape index (κ1) is 24.6. The molecule has 1 aliphatic rings. The minimum Gasteiger partial charge on any atom is -0.446 e. The van der Waals surface area contributed by atoms with Crippen LogP contribution < -0.4 is 10.6 Å². The fourth-order valence-corrected chi connectivity index (χ4v) is 3.04. The summed E-state index contributed by atoms with van der Waals surface area (Å²) in [6, 6.07) is 6.40. The van der Waals surface area contributed by atoms with Gasteiger partial charge in [0.15, 0.2) is 0 Å². The Labute approximate surface area is 183 Å². The Bertz CT molecular complexity index is 705. The van der Waals surface area contributed by atoms with E-state index < -0.39 is 6.09 Å². The van der Waals surface area contributed by atoms with Crippen LogP contribution in [0.4, 0.5) is 4.79 Å². The molecule has 1 aromatic rings. The Kier molecular flexibility index (Phi) is 12.0. The molecule has 0 heterocycles. The molecule has 31 heavy (non-hydrogen) atoms. The maximum absolute atomic E-state index is 11.9. The van der Waals surface area contributed by atoms with E-state index in [2.05, 4.69) is 22.8 Å². The van der Waals surface area contributed by atoms with Crippen molar-refractivity contribution >= 4 is 18.3 Å². The normalized spacial score (nSPS) is 17.1. The summed E-state index contributed by atoms with van der Waals surface area (Å²) in [7, 11) is 0. The van der Waals surface area contributed by atoms with Crippen LogP contribution in [-0.2, 0) is 14.2 Å². The molecule has 1 unspecified atom stereocenters. The minimum absolute atomic E-state index is 0.0181. The molecule has 170 valence electrons. The van der Waals surface area contributed by atoms with Gasteiger partial charge in [-0.2, -0.15) is 0 Å². The van der Waals surface area contributed by atoms with E-state index in [9.17, 15) is 14.4 Å². The van der Waals surface area contributed by atoms with Crippen LogP contribution in [0.1, 0.15) is 52.8 Å². The molecule has 1 aromatic carbocycles. The molecule has 0 radical (unpaired) electrons. The summed E-state index contributed by atoms with van der Waals surface area (Å²) in [5.41, 5.74) is 1.02. The average molecular weight is 433 g/mol. The lowest BCUT2D eigenvalue weighted by molar-refractivity contribution is 0.0468. The van der Waals surface area contributed by atoms with Gasteiger partial charge < -0.3 is 24.8 Å². The van der Waals surface area contributed by atoms with Crippen LogP contribution in [0, 0.1) is 0 Å². The zero-order valence-electron chi connectivity index (χ0n) is 17.8. The van der Waals surface area contributed by atoms with Gasteiger partial charge in [-0.25, -0.2) is 4.79 Å². The van der Waals surface area contributed by atoms with Gasteiger partial charge in [-0.3, -0.25) is 9.59 Å². The molecule has 0 aromatic heterocycles. The van der Waals surface area contributed by atoms with E-state index >= 15 is 0 Å². The number of carbonyl (C=O) groups is 3. The highest BCUT2D eigenvalue weighted by Crippen LogP contribution is 2.15. The molecular formula is C23H32N2O6. The van der Waals surface area contributed by atoms with Crippen LogP contribution in [0.5, 0.6) is 0 Å². The monoisotopic (exact) mass is 432 g/mol. The van der Waals surface area contributed by atoms with Crippen molar-refractivity contribution < 1.29 is 28.6 Å². The number of nitrogens with one attached hydrogen (secondary N) is 2. The molecule has 2 amide bonds. The third-order valence-corrected chi connectivity index (χ3v) is 4.72. The molecule has 0 bridgehead atoms. The number of benzene rings is 1. The lowest BCUT2D eigenvalue weighted by Gasteiger charge is -2.18. The standard InChI is InChI=1S/C23H32N2O6/c26-18-19-8-10-20(11-9-19)22(27)24-12-14-29-16-17-30-15-13-25-23(28)31-21-6-4-2-1-3-5-7-21/h1-2,8-11,18,21H,3-7,12-17H2,(H,24,27)(H,25,28)/b2-1+. The predicted molar refractivity (Wildman–Crippen MR) is 116 cm³/mol. The molecule has 8 heteroatoms. The SMILES string of the molecule is O=Cc1ccc(C(=O)NCCOCCOCCNC(=O)OC2CC/C=C/CCC2)cc1. The Morgan fingerprint density at radius 2 is 1.58 bits per heavy atom. The number of hydrogen-bond donors (Lipinski definition) is 2. The van der Waals surface area contributed by atoms with Crippen molar-refractivity contribution in [1.82, 2.24) is 10.6 Å². The first-order valence-electron chi connectivity index (χ1n) is 10.8. The van der Waals surface area contributed by atoms with E-state index in [1.165, 1.54) is 0 Å². The van der Waals surface area contributed by atoms with Crippen LogP contribution in [0.25, 0.3) is 0 Å². The minimum atomic E-state index is -0.397. The highest BCUT2D eigenvalue weighted by atomic mass is 16.6. The number of amides is 2. The Hall–Kier alpha value is -2.71. The molecule has 0 saturated carbocycles. The highest BCUT2D eigenvalue weighted by Gasteiger charge is 2.14. The first-order chi connectivity index (χ1) is 15.2. The fourth-order valence-electron chi connectivity index (χ4n) is 3.04. The van der Waals surface area contributed by atoms with E-state index in [1.54, 1.807) is 24.3 Å². The van der Waals surface area contributed by atoms with Gasteiger partial charge in [-0.15, -0.1) is 0 Å². The van der Waals surface area contributed by atoms with Gasteiger partial charge in [-0.05, 0) is 44.2 Å². The largest absolute Gasteiger partial charge is 0.446 e. The quantitative estimate of drug-likeness (QED) is 0.299. The van der Waals surface area contributed by atoms with Gasteiger partial charge in [0.25, 0.3) is 5.91 Å². The fraction of sp³-hybridized carbons (Fsp3) is 0.522. The summed E-state index contributed by atoms with van der Waals surface area (Å²) in [4.78, 5) is 34.4. The molecule has 0 spiro atoms. The van der Waals surface area contributed by atoms with Crippen molar-refractivity contribution in [2.24, 2.45) is 0 Å². The van der Waals surface area contributed by atoms with Crippen molar-refractivity contribution in [3.63, 3.8) is 0 Å². The van der Waals surface area contributed by atoms with Crippen LogP contribution in [0.2, 0.25) is 0 Å². The lowest BCUT2D eigenvalue weighted by atomic mass is 10.0. The van der Waals surface area contributed by atoms with Crippen LogP contribution in [0.15, 0.2) is 36.4 Å². The molecule has 0 saturated heterocycles. The Morgan fingerprint density at radius 3 is 2.29 bits per heavy atom. The number of hydrogen-bond acceptors (Lipinski definition) is 6. The number of alkyl carbamates (subject to hydrolysis) is 1. The Balaban J connectivity index is 1.41. The molecule has 1 atom stereocenters. The summed E-state index contributed by atoms with van der Waals surface area (Å²) in [6.45, 7) is 2.28. The number of rotatable bonds is 12. The van der Waals surface area contributed by atoms with E-state index in [0.29, 0.717) is 50.6 Å². The third kappa shape index (κ3) is 10.8. The van der Waals surface area contributed by atoms with Crippen molar-refractivity contribution in [3.05, 3.63) is 47.5 Å². The van der Waals surface area contributed by atoms with Gasteiger partial charge in [0.1, 0.15) is 12.4 Å². The smallest absolute Gasteiger partial charge is 0.407 e. The van der Waals surface area contributed by atoms with Crippen molar-refractivity contribution in [1.29, 1.82) is 0 Å². The predicted octanol–water partition coefficient (Wildman–Crippen LogP) is 2.88. The van der Waals surface area contributed by atoms with E-state index in [0.717, 1.165) is 38.4 Å². The summed E-state index contributed by atoms with van der Waals surface area (Å²) in [5.74, 6) is -0.217. The highest BCUT2D eigenvalue weighted by molar-refractivity contribution is 5.94. The van der Waals surface area contributed by atoms with Gasteiger partial charge >= 0.3 is 6.09 Å². The first-order valence-corrected chi connectivity index (χ1v) is 10.8. The van der Waals surface area contributed by atoms with E-state index in [4.69, 9.17) is 14.2 Å². The topological polar surface area (TPSA) is 103 Å². The number of carbonyl (C=O) groups excluding carboxylic acids is 3. The van der Waals surface area contributed by atoms with Crippen molar-refractivity contribution in [2.45, 2.75) is 38.2 Å². The van der Waals surface area contributed by atoms with Gasteiger partial charge in [0, 0.05) is 24.2 Å². The number of aldehydes is 1. The lowest BCUT2D eigenvalue weighted by Crippen LogP contribution is -2.32. The number of ether oxygens (including phenoxy) is 3. The maximum Gasteiger partial charge on any atom is 0.407 e. The second-order valence-electron chi connectivity index (χ2n) is 7.15. The molecule has 8 nitrogen and oxygen atoms in total. The maximum atomic E-state index is 11.9. The van der Waals surface area contributed by atoms with Crippen molar-refractivity contribution in [3.8, 4) is 0 Å². The zero-order valence-corrected chi connectivity index (χ0v) is 17.8. The van der Waals surface area contributed by atoms with Crippen LogP contribution in [-0.4, -0.2) is 63.9 Å². The third-order valence-electron chi connectivity index (χ3n) is 4.72. The van der Waals surface area contributed by atoms with Crippen LogP contribution >= 0.6 is 0 Å². The summed E-state index contributed by atoms with van der Waals surface area (Å²) < 4.78 is 16.3. The second-order valence-corrected chi connectivity index (χ2v) is 7.15. The molecule has 0 fully saturated rings. The zero-order chi connectivity index (χ0) is 22.2. The van der Waals surface area contributed by atoms with Gasteiger partial charge in [-0.1, -0.05) is 24.3 Å². The van der Waals surface area contributed by atoms with Crippen LogP contribution in [0.3, 0.4) is 0 Å². The molecule has 2 rings (SSSR count). The Morgan fingerprint density at radius 1 is 0.903 bits per heavy atom. The second kappa shape index (κ2) is 15.1. The van der Waals surface area contributed by atoms with Gasteiger partial charge in [0.05, 0.1) is 26.4 Å².